The van der Waals surface area contributed by atoms with Crippen molar-refractivity contribution in [2.45, 2.75) is 39.2 Å². The van der Waals surface area contributed by atoms with Crippen molar-refractivity contribution >= 4 is 5.78 Å². The van der Waals surface area contributed by atoms with Crippen LogP contribution in [0.4, 0.5) is 0 Å². The van der Waals surface area contributed by atoms with Crippen molar-refractivity contribution in [1.82, 2.24) is 5.32 Å². The summed E-state index contributed by atoms with van der Waals surface area (Å²) >= 11 is 0. The number of Topliss-reactive ketones (excluding diaryl/α,β-unsaturated/α-hetero) is 1. The van der Waals surface area contributed by atoms with Crippen LogP contribution in [0, 0.1) is 5.92 Å². The summed E-state index contributed by atoms with van der Waals surface area (Å²) in [6.07, 6.45) is 1.90. The maximum absolute atomic E-state index is 12.5. The van der Waals surface area contributed by atoms with Crippen molar-refractivity contribution in [1.29, 1.82) is 0 Å². The van der Waals surface area contributed by atoms with Crippen LogP contribution < -0.4 is 5.32 Å². The molecule has 0 saturated carbocycles. The first-order valence-corrected chi connectivity index (χ1v) is 6.60. The fraction of sp³-hybridized carbons (Fsp3) is 0.533. The van der Waals surface area contributed by atoms with Crippen molar-refractivity contribution < 1.29 is 4.79 Å². The first kappa shape index (κ1) is 12.3. The van der Waals surface area contributed by atoms with Crippen LogP contribution in [-0.2, 0) is 11.3 Å². The Hall–Kier alpha value is -1.15. The molecule has 1 aromatic carbocycles. The molecule has 1 aromatic rings. The molecule has 0 spiro atoms. The van der Waals surface area contributed by atoms with Gasteiger partial charge in [-0.1, -0.05) is 38.1 Å². The molecule has 1 aliphatic rings. The zero-order chi connectivity index (χ0) is 12.3. The molecule has 92 valence electrons. The highest BCUT2D eigenvalue weighted by Crippen LogP contribution is 2.28. The average Bonchev–Trinajstić information content (AvgIpc) is 2.39. The summed E-state index contributed by atoms with van der Waals surface area (Å²) in [7, 11) is 0. The first-order chi connectivity index (χ1) is 8.27. The third-order valence-electron chi connectivity index (χ3n) is 3.83. The van der Waals surface area contributed by atoms with E-state index in [0.29, 0.717) is 5.78 Å². The fourth-order valence-electron chi connectivity index (χ4n) is 2.73. The molecule has 1 N–H and O–H groups in total. The van der Waals surface area contributed by atoms with E-state index in [1.807, 2.05) is 12.1 Å². The monoisotopic (exact) mass is 231 g/mol. The van der Waals surface area contributed by atoms with E-state index in [9.17, 15) is 4.79 Å². The molecular formula is C15H21NO. The maximum atomic E-state index is 12.5. The molecule has 1 atom stereocenters. The number of ketones is 1. The van der Waals surface area contributed by atoms with Crippen LogP contribution in [0.15, 0.2) is 24.3 Å². The lowest BCUT2D eigenvalue weighted by molar-refractivity contribution is -0.124. The SMILES string of the molecule is CCC(CC)C(=O)C1CNCc2ccccc21. The number of carbonyl (C=O) groups is 1. The van der Waals surface area contributed by atoms with E-state index in [1.165, 1.54) is 11.1 Å². The van der Waals surface area contributed by atoms with E-state index in [-0.39, 0.29) is 11.8 Å². The second-order valence-electron chi connectivity index (χ2n) is 4.80. The lowest BCUT2D eigenvalue weighted by Crippen LogP contribution is -2.35. The number of benzene rings is 1. The van der Waals surface area contributed by atoms with Crippen molar-refractivity contribution in [3.05, 3.63) is 35.4 Å². The van der Waals surface area contributed by atoms with Gasteiger partial charge in [0.05, 0.1) is 5.92 Å². The molecule has 2 heteroatoms. The van der Waals surface area contributed by atoms with Crippen molar-refractivity contribution in [2.75, 3.05) is 6.54 Å². The van der Waals surface area contributed by atoms with Gasteiger partial charge in [-0.2, -0.15) is 0 Å². The van der Waals surface area contributed by atoms with E-state index < -0.39 is 0 Å². The molecule has 1 unspecified atom stereocenters. The van der Waals surface area contributed by atoms with Gasteiger partial charge in [-0.05, 0) is 24.0 Å². The quantitative estimate of drug-likeness (QED) is 0.863. The Bertz CT molecular complexity index is 396. The van der Waals surface area contributed by atoms with E-state index in [1.54, 1.807) is 0 Å². The van der Waals surface area contributed by atoms with Crippen molar-refractivity contribution in [3.63, 3.8) is 0 Å². The van der Waals surface area contributed by atoms with Gasteiger partial charge < -0.3 is 5.32 Å². The topological polar surface area (TPSA) is 29.1 Å². The highest BCUT2D eigenvalue weighted by molar-refractivity contribution is 5.88. The minimum Gasteiger partial charge on any atom is -0.312 e. The van der Waals surface area contributed by atoms with Gasteiger partial charge in [-0.15, -0.1) is 0 Å². The van der Waals surface area contributed by atoms with Crippen molar-refractivity contribution in [2.24, 2.45) is 5.92 Å². The molecule has 1 aliphatic heterocycles. The standard InChI is InChI=1S/C15H21NO/c1-3-11(4-2)15(17)14-10-16-9-12-7-5-6-8-13(12)14/h5-8,11,14,16H,3-4,9-10H2,1-2H3. The van der Waals surface area contributed by atoms with Crippen LogP contribution in [0.3, 0.4) is 0 Å². The lowest BCUT2D eigenvalue weighted by Gasteiger charge is -2.27. The lowest BCUT2D eigenvalue weighted by atomic mass is 9.81. The van der Waals surface area contributed by atoms with Crippen LogP contribution in [0.25, 0.3) is 0 Å². The summed E-state index contributed by atoms with van der Waals surface area (Å²) < 4.78 is 0. The molecule has 17 heavy (non-hydrogen) atoms. The Morgan fingerprint density at radius 3 is 2.76 bits per heavy atom. The number of hydrogen-bond acceptors (Lipinski definition) is 2. The second kappa shape index (κ2) is 5.46. The molecule has 0 aromatic heterocycles. The van der Waals surface area contributed by atoms with E-state index in [2.05, 4.69) is 31.3 Å². The van der Waals surface area contributed by atoms with Gasteiger partial charge >= 0.3 is 0 Å². The summed E-state index contributed by atoms with van der Waals surface area (Å²) in [6, 6.07) is 8.32. The molecule has 0 amide bonds. The van der Waals surface area contributed by atoms with E-state index in [0.717, 1.165) is 25.9 Å². The largest absolute Gasteiger partial charge is 0.312 e. The molecule has 2 rings (SSSR count). The first-order valence-electron chi connectivity index (χ1n) is 6.60. The van der Waals surface area contributed by atoms with E-state index >= 15 is 0 Å². The Morgan fingerprint density at radius 1 is 1.35 bits per heavy atom. The number of carbonyl (C=O) groups excluding carboxylic acids is 1. The van der Waals surface area contributed by atoms with Gasteiger partial charge in [-0.25, -0.2) is 0 Å². The van der Waals surface area contributed by atoms with Gasteiger partial charge in [0.1, 0.15) is 5.78 Å². The molecular weight excluding hydrogens is 210 g/mol. The highest BCUT2D eigenvalue weighted by Gasteiger charge is 2.29. The molecule has 0 aliphatic carbocycles. The zero-order valence-electron chi connectivity index (χ0n) is 10.7. The molecule has 0 radical (unpaired) electrons. The summed E-state index contributed by atoms with van der Waals surface area (Å²) in [4.78, 5) is 12.5. The molecule has 2 nitrogen and oxygen atoms in total. The predicted octanol–water partition coefficient (Wildman–Crippen LogP) is 2.88. The minimum absolute atomic E-state index is 0.0600. The van der Waals surface area contributed by atoms with Gasteiger partial charge in [-0.3, -0.25) is 4.79 Å². The normalized spacial score (nSPS) is 19.1. The summed E-state index contributed by atoms with van der Waals surface area (Å²) in [5, 5.41) is 3.35. The zero-order valence-corrected chi connectivity index (χ0v) is 10.7. The average molecular weight is 231 g/mol. The van der Waals surface area contributed by atoms with Gasteiger partial charge in [0.2, 0.25) is 0 Å². The summed E-state index contributed by atoms with van der Waals surface area (Å²) in [5.74, 6) is 0.687. The number of hydrogen-bond donors (Lipinski definition) is 1. The fourth-order valence-corrected chi connectivity index (χ4v) is 2.73. The van der Waals surface area contributed by atoms with Crippen LogP contribution in [0.2, 0.25) is 0 Å². The number of nitrogens with one attached hydrogen (secondary N) is 1. The van der Waals surface area contributed by atoms with Gasteiger partial charge in [0, 0.05) is 19.0 Å². The highest BCUT2D eigenvalue weighted by atomic mass is 16.1. The van der Waals surface area contributed by atoms with Gasteiger partial charge in [0.15, 0.2) is 0 Å². The number of rotatable bonds is 4. The van der Waals surface area contributed by atoms with Crippen LogP contribution >= 0.6 is 0 Å². The molecule has 0 bridgehead atoms. The third-order valence-corrected chi connectivity index (χ3v) is 3.83. The summed E-state index contributed by atoms with van der Waals surface area (Å²) in [6.45, 7) is 5.90. The second-order valence-corrected chi connectivity index (χ2v) is 4.80. The summed E-state index contributed by atoms with van der Waals surface area (Å²) in [5.41, 5.74) is 2.52. The third kappa shape index (κ3) is 2.42. The van der Waals surface area contributed by atoms with Crippen LogP contribution in [0.1, 0.15) is 43.7 Å². The smallest absolute Gasteiger partial charge is 0.144 e. The number of fused-ring (bicyclic) bond motifs is 1. The van der Waals surface area contributed by atoms with Gasteiger partial charge in [0.25, 0.3) is 0 Å². The Morgan fingerprint density at radius 2 is 2.06 bits per heavy atom. The molecule has 0 fully saturated rings. The Kier molecular flexibility index (Phi) is 3.95. The van der Waals surface area contributed by atoms with Crippen LogP contribution in [-0.4, -0.2) is 12.3 Å². The van der Waals surface area contributed by atoms with E-state index in [4.69, 9.17) is 0 Å². The Labute approximate surface area is 103 Å². The molecule has 1 heterocycles. The Balaban J connectivity index is 2.26. The van der Waals surface area contributed by atoms with Crippen molar-refractivity contribution in [3.8, 4) is 0 Å². The minimum atomic E-state index is 0.0600. The predicted molar refractivity (Wildman–Crippen MR) is 70.0 cm³/mol. The molecule has 0 saturated heterocycles. The van der Waals surface area contributed by atoms with Crippen LogP contribution in [0.5, 0.6) is 0 Å². The maximum Gasteiger partial charge on any atom is 0.144 e.